The van der Waals surface area contributed by atoms with E-state index in [0.29, 0.717) is 0 Å². The molecule has 0 aromatic rings. The molecule has 0 aliphatic carbocycles. The topological polar surface area (TPSA) is 36.1 Å². The molecule has 0 aromatic heterocycles. The summed E-state index contributed by atoms with van der Waals surface area (Å²) in [5.41, 5.74) is 0. The fraction of sp³-hybridized carbons (Fsp3) is 1.00. The molecular weight excluding hydrogens is 213 g/mol. The van der Waals surface area contributed by atoms with Crippen LogP contribution in [0.1, 0.15) is 40.0 Å². The second-order valence-electron chi connectivity index (χ2n) is 3.29. The van der Waals surface area contributed by atoms with E-state index in [0.717, 1.165) is 26.1 Å². The van der Waals surface area contributed by atoms with Crippen molar-refractivity contribution in [3.63, 3.8) is 0 Å². The van der Waals surface area contributed by atoms with Crippen LogP contribution < -0.4 is 15.3 Å². The molecule has 1 unspecified atom stereocenters. The van der Waals surface area contributed by atoms with Gasteiger partial charge in [-0.3, -0.25) is 15.3 Å². The van der Waals surface area contributed by atoms with E-state index in [1.807, 2.05) is 0 Å². The Balaban J connectivity index is 3.89. The standard InChI is InChI=1S/C9H24N3PS/c1-4-7-9-12-13(14,10-6-3)11-8-5-2/h4-9H2,1-3H3,(H3,10,11,12,14). The first-order chi connectivity index (χ1) is 6.68. The zero-order chi connectivity index (χ0) is 10.9. The van der Waals surface area contributed by atoms with Gasteiger partial charge in [-0.05, 0) is 31.2 Å². The molecule has 3 nitrogen and oxygen atoms in total. The number of hydrogen-bond donors (Lipinski definition) is 3. The summed E-state index contributed by atoms with van der Waals surface area (Å²) in [7, 11) is 0. The second kappa shape index (κ2) is 8.81. The van der Waals surface area contributed by atoms with Crippen LogP contribution in [-0.4, -0.2) is 19.6 Å². The van der Waals surface area contributed by atoms with Crippen LogP contribution in [0, 0.1) is 0 Å². The second-order valence-corrected chi connectivity index (χ2v) is 7.10. The normalized spacial score (nSPS) is 15.4. The Bertz CT molecular complexity index is 175. The minimum atomic E-state index is -1.68. The number of unbranched alkanes of at least 4 members (excludes halogenated alkanes) is 1. The molecule has 0 saturated heterocycles. The molecule has 14 heavy (non-hydrogen) atoms. The zero-order valence-corrected chi connectivity index (χ0v) is 11.3. The van der Waals surface area contributed by atoms with E-state index in [1.54, 1.807) is 0 Å². The van der Waals surface area contributed by atoms with Gasteiger partial charge < -0.3 is 0 Å². The molecule has 0 fully saturated rings. The van der Waals surface area contributed by atoms with Crippen molar-refractivity contribution in [2.24, 2.45) is 0 Å². The maximum atomic E-state index is 5.56. The third-order valence-electron chi connectivity index (χ3n) is 1.83. The van der Waals surface area contributed by atoms with Crippen LogP contribution in [-0.2, 0) is 11.8 Å². The average Bonchev–Trinajstić information content (AvgIpc) is 2.16. The van der Waals surface area contributed by atoms with Gasteiger partial charge in [-0.2, -0.15) is 0 Å². The molecule has 0 aromatic carbocycles. The molecule has 0 aliphatic heterocycles. The van der Waals surface area contributed by atoms with Crippen molar-refractivity contribution in [1.29, 1.82) is 0 Å². The van der Waals surface area contributed by atoms with E-state index < -0.39 is 6.49 Å². The van der Waals surface area contributed by atoms with Gasteiger partial charge in [-0.1, -0.05) is 27.2 Å². The lowest BCUT2D eigenvalue weighted by molar-refractivity contribution is 0.746. The molecule has 0 aliphatic rings. The number of hydrogen-bond acceptors (Lipinski definition) is 1. The Morgan fingerprint density at radius 1 is 0.929 bits per heavy atom. The molecule has 0 spiro atoms. The van der Waals surface area contributed by atoms with Crippen LogP contribution in [0.2, 0.25) is 0 Å². The molecule has 0 radical (unpaired) electrons. The van der Waals surface area contributed by atoms with E-state index in [9.17, 15) is 0 Å². The van der Waals surface area contributed by atoms with Gasteiger partial charge in [0.2, 0.25) is 0 Å². The fourth-order valence-electron chi connectivity index (χ4n) is 1.07. The smallest absolute Gasteiger partial charge is 0.137 e. The van der Waals surface area contributed by atoms with Crippen LogP contribution in [0.25, 0.3) is 0 Å². The third-order valence-corrected chi connectivity index (χ3v) is 5.09. The van der Waals surface area contributed by atoms with Crippen LogP contribution in [0.3, 0.4) is 0 Å². The Hall–Kier alpha value is 0.530. The van der Waals surface area contributed by atoms with Gasteiger partial charge in [0.25, 0.3) is 0 Å². The van der Waals surface area contributed by atoms with Gasteiger partial charge in [-0.25, -0.2) is 0 Å². The highest BCUT2D eigenvalue weighted by Crippen LogP contribution is 2.29. The number of rotatable bonds is 9. The highest BCUT2D eigenvalue weighted by atomic mass is 32.4. The highest BCUT2D eigenvalue weighted by Gasteiger charge is 2.12. The van der Waals surface area contributed by atoms with Gasteiger partial charge >= 0.3 is 0 Å². The molecule has 5 heteroatoms. The van der Waals surface area contributed by atoms with E-state index >= 15 is 0 Å². The minimum absolute atomic E-state index is 0.924. The molecule has 0 saturated carbocycles. The maximum absolute atomic E-state index is 5.56. The van der Waals surface area contributed by atoms with Crippen LogP contribution >= 0.6 is 6.49 Å². The van der Waals surface area contributed by atoms with Crippen LogP contribution in [0.4, 0.5) is 0 Å². The van der Waals surface area contributed by atoms with E-state index in [2.05, 4.69) is 36.0 Å². The molecular formula is C9H24N3PS. The van der Waals surface area contributed by atoms with Crippen molar-refractivity contribution in [2.45, 2.75) is 40.0 Å². The Morgan fingerprint density at radius 2 is 1.57 bits per heavy atom. The highest BCUT2D eigenvalue weighted by molar-refractivity contribution is 8.11. The molecule has 0 bridgehead atoms. The summed E-state index contributed by atoms with van der Waals surface area (Å²) in [5.74, 6) is 0. The molecule has 0 rings (SSSR count). The van der Waals surface area contributed by atoms with Gasteiger partial charge in [0.1, 0.15) is 6.49 Å². The summed E-state index contributed by atoms with van der Waals surface area (Å²) in [5, 5.41) is 10.2. The van der Waals surface area contributed by atoms with Crippen molar-refractivity contribution < 1.29 is 0 Å². The van der Waals surface area contributed by atoms with Crippen molar-refractivity contribution in [2.75, 3.05) is 19.6 Å². The molecule has 86 valence electrons. The monoisotopic (exact) mass is 237 g/mol. The van der Waals surface area contributed by atoms with Crippen molar-refractivity contribution in [3.05, 3.63) is 0 Å². The summed E-state index contributed by atoms with van der Waals surface area (Å²) in [6.07, 6.45) is 3.53. The largest absolute Gasteiger partial charge is 0.266 e. The predicted molar refractivity (Wildman–Crippen MR) is 69.2 cm³/mol. The lowest BCUT2D eigenvalue weighted by Gasteiger charge is -2.25. The molecule has 1 atom stereocenters. The molecule has 0 amide bonds. The summed E-state index contributed by atoms with van der Waals surface area (Å²) in [6.45, 7) is 7.69. The van der Waals surface area contributed by atoms with Gasteiger partial charge in [0.05, 0.1) is 0 Å². The van der Waals surface area contributed by atoms with Gasteiger partial charge in [-0.15, -0.1) is 0 Å². The summed E-state index contributed by atoms with van der Waals surface area (Å²) < 4.78 is 0. The van der Waals surface area contributed by atoms with E-state index in [4.69, 9.17) is 11.8 Å². The summed E-state index contributed by atoms with van der Waals surface area (Å²) >= 11 is 5.56. The SMILES string of the molecule is CCCCNP(=S)(NCC)NCCC. The van der Waals surface area contributed by atoms with Crippen LogP contribution in [0.15, 0.2) is 0 Å². The molecule has 3 N–H and O–H groups in total. The Kier molecular flexibility index (Phi) is 9.14. The quantitative estimate of drug-likeness (QED) is 0.424. The predicted octanol–water partition coefficient (Wildman–Crippen LogP) is 2.21. The van der Waals surface area contributed by atoms with Crippen molar-refractivity contribution in [1.82, 2.24) is 15.3 Å². The first-order valence-electron chi connectivity index (χ1n) is 5.54. The first-order valence-corrected chi connectivity index (χ1v) is 8.34. The lowest BCUT2D eigenvalue weighted by Crippen LogP contribution is -2.32. The number of nitrogens with one attached hydrogen (secondary N) is 3. The Morgan fingerprint density at radius 3 is 2.07 bits per heavy atom. The molecule has 0 heterocycles. The van der Waals surface area contributed by atoms with Crippen molar-refractivity contribution >= 4 is 18.3 Å². The zero-order valence-electron chi connectivity index (χ0n) is 9.60. The van der Waals surface area contributed by atoms with Gasteiger partial charge in [0.15, 0.2) is 0 Å². The summed E-state index contributed by atoms with van der Waals surface area (Å²) in [6, 6.07) is 0. The Labute approximate surface area is 93.6 Å². The van der Waals surface area contributed by atoms with E-state index in [-0.39, 0.29) is 0 Å². The first kappa shape index (κ1) is 14.5. The van der Waals surface area contributed by atoms with Crippen LogP contribution in [0.5, 0.6) is 0 Å². The summed E-state index contributed by atoms with van der Waals surface area (Å²) in [4.78, 5) is 0. The minimum Gasteiger partial charge on any atom is -0.266 e. The lowest BCUT2D eigenvalue weighted by atomic mass is 10.3. The fourth-order valence-corrected chi connectivity index (χ4v) is 3.80. The van der Waals surface area contributed by atoms with Crippen molar-refractivity contribution in [3.8, 4) is 0 Å². The maximum Gasteiger partial charge on any atom is 0.137 e. The van der Waals surface area contributed by atoms with Gasteiger partial charge in [0, 0.05) is 13.1 Å². The van der Waals surface area contributed by atoms with E-state index in [1.165, 1.54) is 12.8 Å². The third kappa shape index (κ3) is 6.91. The average molecular weight is 237 g/mol.